The first-order chi connectivity index (χ1) is 23.4. The summed E-state index contributed by atoms with van der Waals surface area (Å²) in [5.74, 6) is -1.92. The Labute approximate surface area is 276 Å². The molecule has 4 aromatic rings. The van der Waals surface area contributed by atoms with Crippen LogP contribution in [-0.2, 0) is 14.3 Å². The highest BCUT2D eigenvalue weighted by Crippen LogP contribution is 2.33. The second-order valence-electron chi connectivity index (χ2n) is 12.0. The molecule has 0 saturated carbocycles. The number of nitrogens with zero attached hydrogens (tertiary/aromatic N) is 4. The molecule has 3 aliphatic rings. The topological polar surface area (TPSA) is 134 Å². The third-order valence-electron chi connectivity index (χ3n) is 8.28. The summed E-state index contributed by atoms with van der Waals surface area (Å²) >= 11 is 0. The Morgan fingerprint density at radius 1 is 0.917 bits per heavy atom. The summed E-state index contributed by atoms with van der Waals surface area (Å²) in [5.41, 5.74) is 13.4. The van der Waals surface area contributed by atoms with Crippen LogP contribution in [-0.4, -0.2) is 36.4 Å². The molecule has 0 aromatic heterocycles. The van der Waals surface area contributed by atoms with E-state index in [0.717, 1.165) is 38.2 Å². The van der Waals surface area contributed by atoms with Crippen molar-refractivity contribution in [3.63, 3.8) is 0 Å². The number of hydrogen-bond donors (Lipinski definition) is 1. The molecule has 7 rings (SSSR count). The number of hydrogen-bond acceptors (Lipinski definition) is 7. The van der Waals surface area contributed by atoms with Crippen LogP contribution in [0.25, 0.3) is 22.1 Å². The van der Waals surface area contributed by atoms with Crippen molar-refractivity contribution in [1.29, 1.82) is 0 Å². The molecule has 1 aliphatic heterocycles. The standard InChI is InChI=1S/C30H25N3O4.C9H8N2/c1-17(2)16-37-25(34)15-24-22-13-12-21-20-11-7-6-10-19(20)14-23(18-8-4-3-5-9-18)26(21)27(22)30(36)28(29(24)35)32-33-31;1-2-5-9-8(4-1)10-6-3-7-11-9/h3-14,17,23,28H,15-16H2,1-2H3;1-7,10H. The van der Waals surface area contributed by atoms with Gasteiger partial charge in [0.1, 0.15) is 0 Å². The first-order valence-electron chi connectivity index (χ1n) is 15.7. The van der Waals surface area contributed by atoms with Gasteiger partial charge in [0.2, 0.25) is 0 Å². The van der Waals surface area contributed by atoms with E-state index >= 15 is 0 Å². The number of ether oxygens (including phenoxy) is 1. The van der Waals surface area contributed by atoms with Crippen molar-refractivity contribution in [1.82, 2.24) is 0 Å². The van der Waals surface area contributed by atoms with Crippen LogP contribution in [0.15, 0.2) is 113 Å². The number of para-hydroxylation sites is 2. The highest BCUT2D eigenvalue weighted by atomic mass is 16.5. The van der Waals surface area contributed by atoms with Crippen LogP contribution in [0.3, 0.4) is 0 Å². The second-order valence-corrected chi connectivity index (χ2v) is 12.0. The highest BCUT2D eigenvalue weighted by molar-refractivity contribution is 6.33. The number of Topliss-reactive ketones (excluding diaryl/α,β-unsaturated/α-hetero) is 2. The number of carbonyl (C=O) groups is 3. The van der Waals surface area contributed by atoms with E-state index in [0.29, 0.717) is 10.8 Å². The normalized spacial score (nSPS) is 16.8. The van der Waals surface area contributed by atoms with E-state index in [1.165, 1.54) is 0 Å². The summed E-state index contributed by atoms with van der Waals surface area (Å²) in [5, 5.41) is 9.96. The predicted octanol–water partition coefficient (Wildman–Crippen LogP) is 6.41. The quantitative estimate of drug-likeness (QED) is 0.0859. The SMILES string of the molecule is C1=CNc2ccccc2N=C1.CC(C)COC(=O)CC1=c2ccc3c(c2C(=O)C(N=[N+]=[N-])C1=O)C(c1ccccc1)C=c1ccccc1=3. The Hall–Kier alpha value is -6.05. The number of azide groups is 1. The zero-order chi connectivity index (χ0) is 33.6. The van der Waals surface area contributed by atoms with E-state index in [-0.39, 0.29) is 30.4 Å². The third kappa shape index (κ3) is 6.45. The molecular formula is C39H33N5O4. The van der Waals surface area contributed by atoms with Crippen molar-refractivity contribution < 1.29 is 19.1 Å². The molecule has 48 heavy (non-hydrogen) atoms. The van der Waals surface area contributed by atoms with Crippen LogP contribution in [0.5, 0.6) is 0 Å². The average molecular weight is 636 g/mol. The maximum absolute atomic E-state index is 13.8. The summed E-state index contributed by atoms with van der Waals surface area (Å²) in [6.07, 6.45) is 7.32. The first-order valence-corrected chi connectivity index (χ1v) is 15.7. The zero-order valence-electron chi connectivity index (χ0n) is 26.5. The van der Waals surface area contributed by atoms with Crippen molar-refractivity contribution >= 4 is 46.8 Å². The number of allylic oxidation sites excluding steroid dienone is 1. The molecule has 2 unspecified atom stereocenters. The van der Waals surface area contributed by atoms with E-state index in [1.54, 1.807) is 12.3 Å². The number of ketones is 2. The highest BCUT2D eigenvalue weighted by Gasteiger charge is 2.38. The number of benzene rings is 4. The lowest BCUT2D eigenvalue weighted by molar-refractivity contribution is -0.143. The lowest BCUT2D eigenvalue weighted by atomic mass is 9.76. The fraction of sp³-hybridized carbons (Fsp3) is 0.179. The van der Waals surface area contributed by atoms with Crippen LogP contribution in [0.4, 0.5) is 11.4 Å². The van der Waals surface area contributed by atoms with Crippen molar-refractivity contribution in [2.75, 3.05) is 11.9 Å². The summed E-state index contributed by atoms with van der Waals surface area (Å²) in [4.78, 5) is 46.8. The van der Waals surface area contributed by atoms with Crippen molar-refractivity contribution in [3.8, 4) is 0 Å². The van der Waals surface area contributed by atoms with Crippen molar-refractivity contribution in [3.05, 3.63) is 151 Å². The van der Waals surface area contributed by atoms with Gasteiger partial charge < -0.3 is 10.1 Å². The monoisotopic (exact) mass is 635 g/mol. The Bertz CT molecular complexity index is 2250. The Balaban J connectivity index is 0.000000307. The summed E-state index contributed by atoms with van der Waals surface area (Å²) in [6, 6.07) is 27.7. The second kappa shape index (κ2) is 14.2. The van der Waals surface area contributed by atoms with Gasteiger partial charge in [0.25, 0.3) is 0 Å². The summed E-state index contributed by atoms with van der Waals surface area (Å²) < 4.78 is 5.33. The van der Waals surface area contributed by atoms with E-state index < -0.39 is 23.6 Å². The zero-order valence-corrected chi connectivity index (χ0v) is 26.5. The molecule has 0 saturated heterocycles. The molecule has 4 aromatic carbocycles. The summed E-state index contributed by atoms with van der Waals surface area (Å²) in [7, 11) is 0. The van der Waals surface area contributed by atoms with Crippen LogP contribution in [0.2, 0.25) is 0 Å². The van der Waals surface area contributed by atoms with Crippen LogP contribution < -0.4 is 15.8 Å². The van der Waals surface area contributed by atoms with E-state index in [1.807, 2.05) is 111 Å². The molecule has 2 atom stereocenters. The molecule has 9 heteroatoms. The molecule has 9 nitrogen and oxygen atoms in total. The fourth-order valence-electron chi connectivity index (χ4n) is 6.13. The molecule has 0 spiro atoms. The number of carbonyl (C=O) groups excluding carboxylic acids is 3. The van der Waals surface area contributed by atoms with Gasteiger partial charge in [-0.15, -0.1) is 0 Å². The smallest absolute Gasteiger partial charge is 0.310 e. The number of esters is 1. The van der Waals surface area contributed by atoms with Crippen LogP contribution in [0.1, 0.15) is 47.7 Å². The Morgan fingerprint density at radius 3 is 2.44 bits per heavy atom. The number of anilines is 1. The maximum Gasteiger partial charge on any atom is 0.310 e. The minimum absolute atomic E-state index is 0.134. The van der Waals surface area contributed by atoms with Gasteiger partial charge in [0.15, 0.2) is 17.6 Å². The van der Waals surface area contributed by atoms with Gasteiger partial charge in [-0.2, -0.15) is 0 Å². The van der Waals surface area contributed by atoms with Gasteiger partial charge in [-0.05, 0) is 61.7 Å². The van der Waals surface area contributed by atoms with E-state index in [4.69, 9.17) is 10.3 Å². The lowest BCUT2D eigenvalue weighted by Crippen LogP contribution is -2.42. The van der Waals surface area contributed by atoms with Gasteiger partial charge in [0.05, 0.1) is 24.4 Å². The minimum atomic E-state index is -1.56. The summed E-state index contributed by atoms with van der Waals surface area (Å²) in [6.45, 7) is 4.06. The molecule has 2 aliphatic carbocycles. The van der Waals surface area contributed by atoms with Gasteiger partial charge in [0, 0.05) is 34.4 Å². The predicted molar refractivity (Wildman–Crippen MR) is 186 cm³/mol. The van der Waals surface area contributed by atoms with Gasteiger partial charge in [-0.3, -0.25) is 19.4 Å². The van der Waals surface area contributed by atoms with Crippen LogP contribution >= 0.6 is 0 Å². The minimum Gasteiger partial charge on any atom is -0.465 e. The number of fused-ring (bicyclic) bond motifs is 5. The first kappa shape index (κ1) is 31.9. The maximum atomic E-state index is 13.8. The van der Waals surface area contributed by atoms with Gasteiger partial charge in [-0.25, -0.2) is 0 Å². The molecule has 1 N–H and O–H groups in total. The van der Waals surface area contributed by atoms with Gasteiger partial charge in [-0.1, -0.05) is 104 Å². The molecule has 1 heterocycles. The number of aliphatic imine (C=N–C) groups is 1. The molecule has 0 bridgehead atoms. The molecular weight excluding hydrogens is 602 g/mol. The molecule has 238 valence electrons. The lowest BCUT2D eigenvalue weighted by Gasteiger charge is -2.26. The van der Waals surface area contributed by atoms with E-state index in [2.05, 4.69) is 26.4 Å². The van der Waals surface area contributed by atoms with Gasteiger partial charge >= 0.3 is 5.97 Å². The molecule has 0 fully saturated rings. The fourth-order valence-corrected chi connectivity index (χ4v) is 6.13. The Morgan fingerprint density at radius 2 is 1.65 bits per heavy atom. The molecule has 0 amide bonds. The third-order valence-corrected chi connectivity index (χ3v) is 8.28. The number of rotatable bonds is 6. The van der Waals surface area contributed by atoms with Crippen molar-refractivity contribution in [2.45, 2.75) is 32.2 Å². The Kier molecular flexibility index (Phi) is 9.41. The largest absolute Gasteiger partial charge is 0.465 e. The van der Waals surface area contributed by atoms with E-state index in [9.17, 15) is 14.4 Å². The average Bonchev–Trinajstić information content (AvgIpc) is 3.36. The molecule has 0 radical (unpaired) electrons. The van der Waals surface area contributed by atoms with Crippen molar-refractivity contribution in [2.24, 2.45) is 16.0 Å². The van der Waals surface area contributed by atoms with Crippen LogP contribution in [0, 0.1) is 16.4 Å². The number of nitrogens with one attached hydrogen (secondary N) is 1.